The van der Waals surface area contributed by atoms with Crippen LogP contribution in [-0.4, -0.2) is 28.5 Å². The molecule has 1 aliphatic heterocycles. The van der Waals surface area contributed by atoms with E-state index in [0.717, 1.165) is 25.1 Å². The highest BCUT2D eigenvalue weighted by atomic mass is 32.1. The fourth-order valence-electron chi connectivity index (χ4n) is 2.32. The number of likely N-dealkylation sites (tertiary alicyclic amines) is 1. The van der Waals surface area contributed by atoms with Gasteiger partial charge in [0.1, 0.15) is 6.04 Å². The lowest BCUT2D eigenvalue weighted by molar-refractivity contribution is -0.121. The van der Waals surface area contributed by atoms with Crippen LogP contribution in [0.1, 0.15) is 24.0 Å². The van der Waals surface area contributed by atoms with Crippen molar-refractivity contribution in [1.29, 1.82) is 0 Å². The predicted molar refractivity (Wildman–Crippen MR) is 81.1 cm³/mol. The lowest BCUT2D eigenvalue weighted by Crippen LogP contribution is -2.45. The molecule has 2 rings (SSSR count). The molecule has 0 spiro atoms. The van der Waals surface area contributed by atoms with Gasteiger partial charge in [0.2, 0.25) is 5.91 Å². The molecule has 0 unspecified atom stereocenters. The largest absolute Gasteiger partial charge is 0.368 e. The molecule has 1 atom stereocenters. The number of benzene rings is 1. The zero-order chi connectivity index (χ0) is 14.0. The number of primary amides is 1. The first kappa shape index (κ1) is 13.8. The summed E-state index contributed by atoms with van der Waals surface area (Å²) in [5, 5.41) is 3.76. The Labute approximate surface area is 119 Å². The van der Waals surface area contributed by atoms with Crippen molar-refractivity contribution >= 4 is 28.9 Å². The third-order valence-electron chi connectivity index (χ3n) is 3.60. The highest BCUT2D eigenvalue weighted by Gasteiger charge is 2.30. The summed E-state index contributed by atoms with van der Waals surface area (Å²) in [6.07, 6.45) is 1.73. The number of carbonyl (C=O) groups is 1. The molecule has 19 heavy (non-hydrogen) atoms. The smallest absolute Gasteiger partial charge is 0.240 e. The number of carbonyl (C=O) groups excluding carboxylic acids is 1. The van der Waals surface area contributed by atoms with E-state index in [0.29, 0.717) is 5.11 Å². The number of amides is 1. The Hall–Kier alpha value is -1.62. The number of aryl methyl sites for hydroxylation is 2. The number of nitrogens with one attached hydrogen (secondary N) is 1. The first-order valence-electron chi connectivity index (χ1n) is 6.43. The first-order chi connectivity index (χ1) is 8.99. The van der Waals surface area contributed by atoms with E-state index >= 15 is 0 Å². The van der Waals surface area contributed by atoms with Gasteiger partial charge in [-0.2, -0.15) is 0 Å². The number of anilines is 1. The van der Waals surface area contributed by atoms with E-state index in [4.69, 9.17) is 18.0 Å². The van der Waals surface area contributed by atoms with E-state index < -0.39 is 0 Å². The molecule has 102 valence electrons. The SMILES string of the molecule is Cc1ccc(NC(=S)N2CCC[C@@H]2C(N)=O)cc1C. The van der Waals surface area contributed by atoms with E-state index in [1.165, 1.54) is 11.1 Å². The zero-order valence-corrected chi connectivity index (χ0v) is 12.1. The Morgan fingerprint density at radius 3 is 2.79 bits per heavy atom. The quantitative estimate of drug-likeness (QED) is 0.811. The molecule has 1 saturated heterocycles. The molecule has 1 aliphatic rings. The molecule has 1 aromatic rings. The Bertz CT molecular complexity index is 515. The molecule has 1 fully saturated rings. The highest BCUT2D eigenvalue weighted by molar-refractivity contribution is 7.80. The van der Waals surface area contributed by atoms with Crippen molar-refractivity contribution in [2.24, 2.45) is 5.73 Å². The van der Waals surface area contributed by atoms with Crippen LogP contribution in [0.3, 0.4) is 0 Å². The Balaban J connectivity index is 2.08. The summed E-state index contributed by atoms with van der Waals surface area (Å²) in [6.45, 7) is 4.91. The van der Waals surface area contributed by atoms with E-state index in [-0.39, 0.29) is 11.9 Å². The monoisotopic (exact) mass is 277 g/mol. The molecule has 5 heteroatoms. The zero-order valence-electron chi connectivity index (χ0n) is 11.3. The normalized spacial score (nSPS) is 18.4. The third-order valence-corrected chi connectivity index (χ3v) is 3.94. The van der Waals surface area contributed by atoms with Gasteiger partial charge in [-0.15, -0.1) is 0 Å². The van der Waals surface area contributed by atoms with Crippen molar-refractivity contribution in [1.82, 2.24) is 4.90 Å². The van der Waals surface area contributed by atoms with Gasteiger partial charge in [0.15, 0.2) is 5.11 Å². The lowest BCUT2D eigenvalue weighted by atomic mass is 10.1. The minimum Gasteiger partial charge on any atom is -0.368 e. The maximum Gasteiger partial charge on any atom is 0.240 e. The van der Waals surface area contributed by atoms with Crippen LogP contribution in [0, 0.1) is 13.8 Å². The molecule has 0 aliphatic carbocycles. The number of nitrogens with two attached hydrogens (primary N) is 1. The predicted octanol–water partition coefficient (Wildman–Crippen LogP) is 1.95. The molecule has 0 radical (unpaired) electrons. The maximum absolute atomic E-state index is 11.4. The molecule has 0 aromatic heterocycles. The standard InChI is InChI=1S/C14H19N3OS/c1-9-5-6-11(8-10(9)2)16-14(19)17-7-3-4-12(17)13(15)18/h5-6,8,12H,3-4,7H2,1-2H3,(H2,15,18)(H,16,19)/t12-/m1/s1. The maximum atomic E-state index is 11.4. The van der Waals surface area contributed by atoms with Crippen LogP contribution in [0.15, 0.2) is 18.2 Å². The lowest BCUT2D eigenvalue weighted by Gasteiger charge is -2.25. The second kappa shape index (κ2) is 5.57. The number of hydrogen-bond donors (Lipinski definition) is 2. The van der Waals surface area contributed by atoms with E-state index in [1.54, 1.807) is 0 Å². The second-order valence-electron chi connectivity index (χ2n) is 4.98. The topological polar surface area (TPSA) is 58.4 Å². The van der Waals surface area contributed by atoms with Crippen molar-refractivity contribution in [3.8, 4) is 0 Å². The molecule has 1 heterocycles. The highest BCUT2D eigenvalue weighted by Crippen LogP contribution is 2.20. The van der Waals surface area contributed by atoms with E-state index in [1.807, 2.05) is 11.0 Å². The summed E-state index contributed by atoms with van der Waals surface area (Å²) < 4.78 is 0. The van der Waals surface area contributed by atoms with Gasteiger partial charge < -0.3 is 16.0 Å². The van der Waals surface area contributed by atoms with Crippen LogP contribution in [0.2, 0.25) is 0 Å². The van der Waals surface area contributed by atoms with E-state index in [2.05, 4.69) is 31.3 Å². The third kappa shape index (κ3) is 3.04. The summed E-state index contributed by atoms with van der Waals surface area (Å²) in [5.74, 6) is -0.304. The summed E-state index contributed by atoms with van der Waals surface area (Å²) in [6, 6.07) is 5.82. The number of rotatable bonds is 2. The Morgan fingerprint density at radius 1 is 1.42 bits per heavy atom. The summed E-state index contributed by atoms with van der Waals surface area (Å²) in [5.41, 5.74) is 8.79. The van der Waals surface area contributed by atoms with Crippen LogP contribution < -0.4 is 11.1 Å². The average molecular weight is 277 g/mol. The summed E-state index contributed by atoms with van der Waals surface area (Å²) in [4.78, 5) is 13.2. The molecular formula is C14H19N3OS. The fourth-order valence-corrected chi connectivity index (χ4v) is 2.66. The van der Waals surface area contributed by atoms with Crippen molar-refractivity contribution in [3.05, 3.63) is 29.3 Å². The molecule has 4 nitrogen and oxygen atoms in total. The van der Waals surface area contributed by atoms with Crippen LogP contribution >= 0.6 is 12.2 Å². The van der Waals surface area contributed by atoms with Gasteiger partial charge in [0.25, 0.3) is 0 Å². The van der Waals surface area contributed by atoms with Gasteiger partial charge in [-0.25, -0.2) is 0 Å². The van der Waals surface area contributed by atoms with Crippen LogP contribution in [0.5, 0.6) is 0 Å². The fraction of sp³-hybridized carbons (Fsp3) is 0.429. The van der Waals surface area contributed by atoms with Gasteiger partial charge in [-0.05, 0) is 62.2 Å². The Morgan fingerprint density at radius 2 is 2.16 bits per heavy atom. The van der Waals surface area contributed by atoms with Crippen molar-refractivity contribution in [2.75, 3.05) is 11.9 Å². The molecule has 1 aromatic carbocycles. The van der Waals surface area contributed by atoms with Gasteiger partial charge in [0, 0.05) is 12.2 Å². The van der Waals surface area contributed by atoms with Gasteiger partial charge in [-0.1, -0.05) is 6.07 Å². The minimum absolute atomic E-state index is 0.272. The van der Waals surface area contributed by atoms with Crippen molar-refractivity contribution < 1.29 is 4.79 Å². The van der Waals surface area contributed by atoms with Gasteiger partial charge >= 0.3 is 0 Å². The average Bonchev–Trinajstić information content (AvgIpc) is 2.83. The molecule has 3 N–H and O–H groups in total. The van der Waals surface area contributed by atoms with Crippen molar-refractivity contribution in [2.45, 2.75) is 32.7 Å². The molecule has 0 bridgehead atoms. The number of thiocarbonyl (C=S) groups is 1. The van der Waals surface area contributed by atoms with E-state index in [9.17, 15) is 4.79 Å². The Kier molecular flexibility index (Phi) is 4.04. The minimum atomic E-state index is -0.304. The van der Waals surface area contributed by atoms with Crippen molar-refractivity contribution in [3.63, 3.8) is 0 Å². The second-order valence-corrected chi connectivity index (χ2v) is 5.37. The van der Waals surface area contributed by atoms with Crippen LogP contribution in [0.25, 0.3) is 0 Å². The summed E-state index contributed by atoms with van der Waals surface area (Å²) >= 11 is 5.38. The molecule has 0 saturated carbocycles. The molecular weight excluding hydrogens is 258 g/mol. The number of hydrogen-bond acceptors (Lipinski definition) is 2. The van der Waals surface area contributed by atoms with Gasteiger partial charge in [0.05, 0.1) is 0 Å². The van der Waals surface area contributed by atoms with Crippen LogP contribution in [-0.2, 0) is 4.79 Å². The van der Waals surface area contributed by atoms with Crippen LogP contribution in [0.4, 0.5) is 5.69 Å². The first-order valence-corrected chi connectivity index (χ1v) is 6.84. The summed E-state index contributed by atoms with van der Waals surface area (Å²) in [7, 11) is 0. The van der Waals surface area contributed by atoms with Gasteiger partial charge in [-0.3, -0.25) is 4.79 Å². The molecule has 1 amide bonds. The number of nitrogens with zero attached hydrogens (tertiary/aromatic N) is 1.